The summed E-state index contributed by atoms with van der Waals surface area (Å²) in [6.45, 7) is 1.45. The minimum absolute atomic E-state index is 0.0262. The molecule has 1 saturated heterocycles. The van der Waals surface area contributed by atoms with Crippen LogP contribution in [0.5, 0.6) is 17.2 Å². The Hall–Kier alpha value is -2.80. The smallest absolute Gasteiger partial charge is 0.257 e. The highest BCUT2D eigenvalue weighted by molar-refractivity contribution is 6.32. The molecule has 0 aromatic heterocycles. The monoisotopic (exact) mass is 419 g/mol. The fraction of sp³-hybridized carbons (Fsp3) is 0.333. The van der Waals surface area contributed by atoms with Gasteiger partial charge in [0.25, 0.3) is 5.91 Å². The molecule has 1 fully saturated rings. The van der Waals surface area contributed by atoms with Gasteiger partial charge in [0, 0.05) is 37.1 Å². The number of Topliss-reactive ketones (excluding diaryl/α,β-unsaturated/α-hetero) is 1. The molecule has 4 rings (SSSR count). The predicted octanol–water partition coefficient (Wildman–Crippen LogP) is 3.14. The SMILES string of the molecule is COc1cc2c(cc1C(=O)N1CC(COc3ccc(F)cc3Cl)C1)CC(=O)CO2. The van der Waals surface area contributed by atoms with E-state index in [1.807, 2.05) is 0 Å². The number of rotatable bonds is 5. The lowest BCUT2D eigenvalue weighted by molar-refractivity contribution is -0.121. The molecule has 6 nitrogen and oxygen atoms in total. The van der Waals surface area contributed by atoms with Gasteiger partial charge in [0.2, 0.25) is 0 Å². The zero-order valence-electron chi connectivity index (χ0n) is 15.7. The van der Waals surface area contributed by atoms with Crippen LogP contribution in [-0.2, 0) is 11.2 Å². The number of likely N-dealkylation sites (tertiary alicyclic amines) is 1. The number of ketones is 1. The Bertz CT molecular complexity index is 974. The van der Waals surface area contributed by atoms with E-state index in [1.54, 1.807) is 17.0 Å². The number of carbonyl (C=O) groups is 2. The van der Waals surface area contributed by atoms with Crippen molar-refractivity contribution in [2.45, 2.75) is 6.42 Å². The van der Waals surface area contributed by atoms with Crippen LogP contribution in [0.4, 0.5) is 4.39 Å². The van der Waals surface area contributed by atoms with Crippen molar-refractivity contribution in [3.63, 3.8) is 0 Å². The van der Waals surface area contributed by atoms with Crippen LogP contribution >= 0.6 is 11.6 Å². The van der Waals surface area contributed by atoms with Crippen molar-refractivity contribution in [2.24, 2.45) is 5.92 Å². The van der Waals surface area contributed by atoms with E-state index in [9.17, 15) is 14.0 Å². The van der Waals surface area contributed by atoms with Crippen LogP contribution in [0.15, 0.2) is 30.3 Å². The summed E-state index contributed by atoms with van der Waals surface area (Å²) < 4.78 is 29.5. The standard InChI is InChI=1S/C21H19ClFNO5/c1-27-20-7-19-13(4-15(25)11-29-19)5-16(20)21(26)24-8-12(9-24)10-28-18-3-2-14(23)6-17(18)22/h2-3,5-7,12H,4,8-11H2,1H3. The van der Waals surface area contributed by atoms with Crippen LogP contribution in [0.25, 0.3) is 0 Å². The summed E-state index contributed by atoms with van der Waals surface area (Å²) in [5.74, 6) is 0.937. The zero-order chi connectivity index (χ0) is 20.5. The van der Waals surface area contributed by atoms with E-state index < -0.39 is 5.82 Å². The number of benzene rings is 2. The van der Waals surface area contributed by atoms with Crippen LogP contribution in [-0.4, -0.2) is 50.0 Å². The van der Waals surface area contributed by atoms with Crippen molar-refractivity contribution in [3.05, 3.63) is 52.3 Å². The lowest BCUT2D eigenvalue weighted by atomic mass is 9.97. The molecule has 0 atom stereocenters. The fourth-order valence-corrected chi connectivity index (χ4v) is 3.67. The highest BCUT2D eigenvalue weighted by Crippen LogP contribution is 2.34. The first-order chi connectivity index (χ1) is 13.9. The molecule has 1 amide bonds. The average molecular weight is 420 g/mol. The number of fused-ring (bicyclic) bond motifs is 1. The number of methoxy groups -OCH3 is 1. The van der Waals surface area contributed by atoms with Crippen LogP contribution < -0.4 is 14.2 Å². The molecular weight excluding hydrogens is 401 g/mol. The van der Waals surface area contributed by atoms with Gasteiger partial charge in [-0.05, 0) is 24.3 Å². The molecule has 0 radical (unpaired) electrons. The van der Waals surface area contributed by atoms with Crippen molar-refractivity contribution >= 4 is 23.3 Å². The molecule has 0 unspecified atom stereocenters. The van der Waals surface area contributed by atoms with Crippen LogP contribution in [0, 0.1) is 11.7 Å². The van der Waals surface area contributed by atoms with Gasteiger partial charge in [-0.1, -0.05) is 11.6 Å². The number of hydrogen-bond donors (Lipinski definition) is 0. The molecule has 0 aliphatic carbocycles. The Morgan fingerprint density at radius 1 is 1.28 bits per heavy atom. The molecule has 29 heavy (non-hydrogen) atoms. The van der Waals surface area contributed by atoms with E-state index >= 15 is 0 Å². The molecule has 0 bridgehead atoms. The maximum absolute atomic E-state index is 13.1. The summed E-state index contributed by atoms with van der Waals surface area (Å²) in [5, 5.41) is 0.216. The second-order valence-electron chi connectivity index (χ2n) is 7.13. The number of nitrogens with zero attached hydrogens (tertiary/aromatic N) is 1. The van der Waals surface area contributed by atoms with Gasteiger partial charge in [0.15, 0.2) is 5.78 Å². The highest BCUT2D eigenvalue weighted by Gasteiger charge is 2.34. The van der Waals surface area contributed by atoms with Gasteiger partial charge in [-0.2, -0.15) is 0 Å². The van der Waals surface area contributed by atoms with Crippen molar-refractivity contribution in [1.29, 1.82) is 0 Å². The Labute approximate surface area is 172 Å². The highest BCUT2D eigenvalue weighted by atomic mass is 35.5. The number of ether oxygens (including phenoxy) is 3. The molecule has 0 N–H and O–H groups in total. The molecular formula is C21H19ClFNO5. The van der Waals surface area contributed by atoms with Gasteiger partial charge in [-0.25, -0.2) is 4.39 Å². The zero-order valence-corrected chi connectivity index (χ0v) is 16.5. The third kappa shape index (κ3) is 4.00. The van der Waals surface area contributed by atoms with Gasteiger partial charge in [-0.15, -0.1) is 0 Å². The summed E-state index contributed by atoms with van der Waals surface area (Å²) in [6, 6.07) is 7.31. The maximum atomic E-state index is 13.1. The van der Waals surface area contributed by atoms with Gasteiger partial charge in [-0.3, -0.25) is 9.59 Å². The van der Waals surface area contributed by atoms with Crippen molar-refractivity contribution in [3.8, 4) is 17.2 Å². The Morgan fingerprint density at radius 2 is 2.07 bits per heavy atom. The largest absolute Gasteiger partial charge is 0.496 e. The van der Waals surface area contributed by atoms with Crippen molar-refractivity contribution < 1.29 is 28.2 Å². The Morgan fingerprint density at radius 3 is 2.79 bits per heavy atom. The lowest BCUT2D eigenvalue weighted by Crippen LogP contribution is -2.52. The first kappa shape index (κ1) is 19.5. The lowest BCUT2D eigenvalue weighted by Gasteiger charge is -2.39. The summed E-state index contributed by atoms with van der Waals surface area (Å²) >= 11 is 5.96. The van der Waals surface area contributed by atoms with E-state index in [0.717, 1.165) is 0 Å². The second-order valence-corrected chi connectivity index (χ2v) is 7.53. The topological polar surface area (TPSA) is 65.1 Å². The number of carbonyl (C=O) groups excluding carboxylic acids is 2. The van der Waals surface area contributed by atoms with E-state index in [-0.39, 0.29) is 35.7 Å². The van der Waals surface area contributed by atoms with E-state index in [0.29, 0.717) is 48.1 Å². The molecule has 8 heteroatoms. The molecule has 152 valence electrons. The van der Waals surface area contributed by atoms with Gasteiger partial charge in [0.1, 0.15) is 29.7 Å². The Balaban J connectivity index is 1.39. The fourth-order valence-electron chi connectivity index (χ4n) is 3.45. The summed E-state index contributed by atoms with van der Waals surface area (Å²) in [7, 11) is 1.49. The van der Waals surface area contributed by atoms with Crippen LogP contribution in [0.2, 0.25) is 5.02 Å². The second kappa shape index (κ2) is 7.91. The first-order valence-electron chi connectivity index (χ1n) is 9.17. The minimum Gasteiger partial charge on any atom is -0.496 e. The van der Waals surface area contributed by atoms with E-state index in [1.165, 1.54) is 25.3 Å². The quantitative estimate of drug-likeness (QED) is 0.745. The normalized spacial score (nSPS) is 16.0. The summed E-state index contributed by atoms with van der Waals surface area (Å²) in [5.41, 5.74) is 1.10. The van der Waals surface area contributed by atoms with Crippen molar-refractivity contribution in [2.75, 3.05) is 33.4 Å². The predicted molar refractivity (Wildman–Crippen MR) is 103 cm³/mol. The first-order valence-corrected chi connectivity index (χ1v) is 9.55. The minimum atomic E-state index is -0.422. The molecule has 2 heterocycles. The van der Waals surface area contributed by atoms with E-state index in [2.05, 4.69) is 0 Å². The molecule has 2 aliphatic heterocycles. The molecule has 0 spiro atoms. The Kier molecular flexibility index (Phi) is 5.32. The third-order valence-corrected chi connectivity index (χ3v) is 5.30. The molecule has 2 aromatic carbocycles. The van der Waals surface area contributed by atoms with Gasteiger partial charge < -0.3 is 19.1 Å². The van der Waals surface area contributed by atoms with Gasteiger partial charge in [0.05, 0.1) is 24.3 Å². The number of hydrogen-bond acceptors (Lipinski definition) is 5. The molecule has 2 aliphatic rings. The molecule has 2 aromatic rings. The molecule has 0 saturated carbocycles. The average Bonchev–Trinajstić information content (AvgIpc) is 2.66. The summed E-state index contributed by atoms with van der Waals surface area (Å²) in [4.78, 5) is 26.2. The maximum Gasteiger partial charge on any atom is 0.257 e. The van der Waals surface area contributed by atoms with Crippen LogP contribution in [0.1, 0.15) is 15.9 Å². The summed E-state index contributed by atoms with van der Waals surface area (Å²) in [6.07, 6.45) is 0.245. The third-order valence-electron chi connectivity index (χ3n) is 5.00. The van der Waals surface area contributed by atoms with Gasteiger partial charge >= 0.3 is 0 Å². The number of halogens is 2. The van der Waals surface area contributed by atoms with Crippen molar-refractivity contribution in [1.82, 2.24) is 4.90 Å². The van der Waals surface area contributed by atoms with E-state index in [4.69, 9.17) is 25.8 Å². The van der Waals surface area contributed by atoms with Crippen LogP contribution in [0.3, 0.4) is 0 Å². The number of amides is 1.